The summed E-state index contributed by atoms with van der Waals surface area (Å²) in [6.07, 6.45) is 0.0333. The number of hydrogen-bond donors (Lipinski definition) is 8. The molecular weight excluding hydrogens is 496 g/mol. The molecule has 5 atom stereocenters. The third kappa shape index (κ3) is 8.56. The Balaban J connectivity index is 2.32. The Kier molecular flexibility index (Phi) is 10.8. The lowest BCUT2D eigenvalue weighted by Gasteiger charge is -2.26. The van der Waals surface area contributed by atoms with Gasteiger partial charge in [0, 0.05) is 23.5 Å². The number of para-hydroxylation sites is 1. The first-order valence-electron chi connectivity index (χ1n) is 12.2. The van der Waals surface area contributed by atoms with E-state index >= 15 is 0 Å². The van der Waals surface area contributed by atoms with Gasteiger partial charge in [-0.05, 0) is 30.9 Å². The summed E-state index contributed by atoms with van der Waals surface area (Å²) in [5.74, 6) is -4.58. The van der Waals surface area contributed by atoms with Crippen LogP contribution < -0.4 is 27.4 Å². The fourth-order valence-corrected chi connectivity index (χ4v) is 3.94. The summed E-state index contributed by atoms with van der Waals surface area (Å²) in [5, 5.41) is 27.4. The third-order valence-electron chi connectivity index (χ3n) is 5.88. The SMILES string of the molecule is CC(C)CC(NC(=O)C(N)CC(N)=O)C(=O)NC(Cc1c[nH]c2ccccc12)C(=O)NC(C(=O)O)C(C)O. The monoisotopic (exact) mass is 532 g/mol. The van der Waals surface area contributed by atoms with Crippen molar-refractivity contribution in [3.8, 4) is 0 Å². The maximum Gasteiger partial charge on any atom is 0.328 e. The van der Waals surface area contributed by atoms with Gasteiger partial charge in [-0.3, -0.25) is 19.2 Å². The topological polar surface area (TPSA) is 230 Å². The van der Waals surface area contributed by atoms with Crippen molar-refractivity contribution < 1.29 is 34.2 Å². The van der Waals surface area contributed by atoms with E-state index in [1.54, 1.807) is 6.20 Å². The summed E-state index contributed by atoms with van der Waals surface area (Å²) in [4.78, 5) is 64.7. The molecule has 0 spiro atoms. The summed E-state index contributed by atoms with van der Waals surface area (Å²) in [6, 6.07) is 2.08. The van der Waals surface area contributed by atoms with Crippen LogP contribution in [0.3, 0.4) is 0 Å². The van der Waals surface area contributed by atoms with Crippen LogP contribution in [0.25, 0.3) is 10.9 Å². The van der Waals surface area contributed by atoms with E-state index in [4.69, 9.17) is 11.5 Å². The number of primary amides is 1. The van der Waals surface area contributed by atoms with Crippen LogP contribution in [0.15, 0.2) is 30.5 Å². The Morgan fingerprint density at radius 3 is 2.13 bits per heavy atom. The highest BCUT2D eigenvalue weighted by Crippen LogP contribution is 2.19. The maximum atomic E-state index is 13.3. The van der Waals surface area contributed by atoms with Gasteiger partial charge in [-0.1, -0.05) is 32.0 Å². The molecule has 13 heteroatoms. The molecule has 5 unspecified atom stereocenters. The lowest BCUT2D eigenvalue weighted by atomic mass is 10.00. The van der Waals surface area contributed by atoms with Crippen LogP contribution in [0.1, 0.15) is 39.2 Å². The number of carboxylic acid groups (broad SMARTS) is 1. The number of fused-ring (bicyclic) bond motifs is 1. The van der Waals surface area contributed by atoms with Crippen molar-refractivity contribution >= 4 is 40.5 Å². The minimum Gasteiger partial charge on any atom is -0.480 e. The number of amides is 4. The quantitative estimate of drug-likeness (QED) is 0.148. The number of hydrogen-bond acceptors (Lipinski definition) is 7. The number of aromatic amines is 1. The van der Waals surface area contributed by atoms with Crippen LogP contribution >= 0.6 is 0 Å². The zero-order chi connectivity index (χ0) is 28.6. The number of nitrogens with one attached hydrogen (secondary N) is 4. The largest absolute Gasteiger partial charge is 0.480 e. The molecule has 2 aromatic rings. The summed E-state index contributed by atoms with van der Waals surface area (Å²) in [6.45, 7) is 4.87. The summed E-state index contributed by atoms with van der Waals surface area (Å²) in [5.41, 5.74) is 12.3. The minimum absolute atomic E-state index is 0.0166. The molecule has 0 fully saturated rings. The number of carboxylic acids is 1. The molecule has 0 radical (unpaired) electrons. The van der Waals surface area contributed by atoms with Gasteiger partial charge in [0.05, 0.1) is 18.6 Å². The predicted octanol–water partition coefficient (Wildman–Crippen LogP) is -1.12. The highest BCUT2D eigenvalue weighted by molar-refractivity contribution is 5.95. The second kappa shape index (κ2) is 13.5. The van der Waals surface area contributed by atoms with E-state index in [9.17, 15) is 34.2 Å². The van der Waals surface area contributed by atoms with E-state index in [1.807, 2.05) is 38.1 Å². The molecule has 13 nitrogen and oxygen atoms in total. The van der Waals surface area contributed by atoms with Gasteiger partial charge in [0.15, 0.2) is 6.04 Å². The molecule has 1 aromatic heterocycles. The third-order valence-corrected chi connectivity index (χ3v) is 5.88. The first-order valence-corrected chi connectivity index (χ1v) is 12.2. The van der Waals surface area contributed by atoms with Gasteiger partial charge >= 0.3 is 5.97 Å². The molecule has 38 heavy (non-hydrogen) atoms. The summed E-state index contributed by atoms with van der Waals surface area (Å²) < 4.78 is 0. The molecule has 208 valence electrons. The number of aliphatic hydroxyl groups excluding tert-OH is 1. The van der Waals surface area contributed by atoms with Crippen LogP contribution in [-0.2, 0) is 30.4 Å². The van der Waals surface area contributed by atoms with Crippen LogP contribution in [0.5, 0.6) is 0 Å². The van der Waals surface area contributed by atoms with Gasteiger partial charge in [-0.2, -0.15) is 0 Å². The number of aliphatic hydroxyl groups is 1. The highest BCUT2D eigenvalue weighted by atomic mass is 16.4. The van der Waals surface area contributed by atoms with Gasteiger partial charge in [0.1, 0.15) is 12.1 Å². The van der Waals surface area contributed by atoms with E-state index in [2.05, 4.69) is 20.9 Å². The second-order valence-electron chi connectivity index (χ2n) is 9.66. The van der Waals surface area contributed by atoms with Gasteiger partial charge in [0.25, 0.3) is 0 Å². The number of rotatable bonds is 14. The van der Waals surface area contributed by atoms with Crippen molar-refractivity contribution in [2.45, 2.75) is 70.3 Å². The first kappa shape index (κ1) is 30.3. The molecule has 4 amide bonds. The average molecular weight is 533 g/mol. The van der Waals surface area contributed by atoms with E-state index in [-0.39, 0.29) is 18.8 Å². The molecule has 0 bridgehead atoms. The van der Waals surface area contributed by atoms with Crippen LogP contribution in [0, 0.1) is 5.92 Å². The molecular formula is C25H36N6O7. The van der Waals surface area contributed by atoms with Crippen LogP contribution in [0.2, 0.25) is 0 Å². The predicted molar refractivity (Wildman–Crippen MR) is 138 cm³/mol. The Hall–Kier alpha value is -3.97. The van der Waals surface area contributed by atoms with Gasteiger partial charge in [-0.15, -0.1) is 0 Å². The first-order chi connectivity index (χ1) is 17.8. The lowest BCUT2D eigenvalue weighted by Crippen LogP contribution is -2.59. The Morgan fingerprint density at radius 1 is 0.947 bits per heavy atom. The number of benzene rings is 1. The molecule has 0 saturated heterocycles. The molecule has 10 N–H and O–H groups in total. The van der Waals surface area contributed by atoms with Crippen LogP contribution in [0.4, 0.5) is 0 Å². The van der Waals surface area contributed by atoms with Gasteiger partial charge < -0.3 is 42.6 Å². The molecule has 0 aliphatic carbocycles. The smallest absolute Gasteiger partial charge is 0.328 e. The van der Waals surface area contributed by atoms with E-state index in [1.165, 1.54) is 6.92 Å². The van der Waals surface area contributed by atoms with Crippen molar-refractivity contribution in [2.75, 3.05) is 0 Å². The lowest BCUT2D eigenvalue weighted by molar-refractivity contribution is -0.145. The fraction of sp³-hybridized carbons (Fsp3) is 0.480. The van der Waals surface area contributed by atoms with Crippen molar-refractivity contribution in [2.24, 2.45) is 17.4 Å². The summed E-state index contributed by atoms with van der Waals surface area (Å²) in [7, 11) is 0. The number of H-pyrrole nitrogens is 1. The van der Waals surface area contributed by atoms with Crippen molar-refractivity contribution in [3.05, 3.63) is 36.0 Å². The van der Waals surface area contributed by atoms with E-state index in [0.717, 1.165) is 10.9 Å². The average Bonchev–Trinajstić information content (AvgIpc) is 3.23. The Labute approximate surface area is 219 Å². The molecule has 1 aromatic carbocycles. The molecule has 0 saturated carbocycles. The second-order valence-corrected chi connectivity index (χ2v) is 9.66. The van der Waals surface area contributed by atoms with Crippen molar-refractivity contribution in [3.63, 3.8) is 0 Å². The van der Waals surface area contributed by atoms with Crippen LogP contribution in [-0.4, -0.2) is 75.1 Å². The zero-order valence-corrected chi connectivity index (χ0v) is 21.6. The number of carbonyl (C=O) groups is 5. The maximum absolute atomic E-state index is 13.3. The van der Waals surface area contributed by atoms with Gasteiger partial charge in [0.2, 0.25) is 23.6 Å². The highest BCUT2D eigenvalue weighted by Gasteiger charge is 2.32. The van der Waals surface area contributed by atoms with Crippen molar-refractivity contribution in [1.29, 1.82) is 0 Å². The molecule has 2 rings (SSSR count). The Bertz CT molecular complexity index is 1160. The number of nitrogens with two attached hydrogens (primary N) is 2. The molecule has 0 aliphatic heterocycles. The van der Waals surface area contributed by atoms with Gasteiger partial charge in [-0.25, -0.2) is 4.79 Å². The minimum atomic E-state index is -1.61. The number of aliphatic carboxylic acids is 1. The standard InChI is InChI=1S/C25H36N6O7/c1-12(2)8-18(29-22(34)16(26)10-20(27)33)23(35)30-19(24(36)31-21(13(3)32)25(37)38)9-14-11-28-17-7-5-4-6-15(14)17/h4-7,11-13,16,18-19,21,28,32H,8-10,26H2,1-3H3,(H2,27,33)(H,29,34)(H,30,35)(H,31,36)(H,37,38). The van der Waals surface area contributed by atoms with Crippen molar-refractivity contribution in [1.82, 2.24) is 20.9 Å². The van der Waals surface area contributed by atoms with E-state index in [0.29, 0.717) is 5.56 Å². The summed E-state index contributed by atoms with van der Waals surface area (Å²) >= 11 is 0. The number of aromatic nitrogens is 1. The Morgan fingerprint density at radius 2 is 1.55 bits per heavy atom. The zero-order valence-electron chi connectivity index (χ0n) is 21.6. The molecule has 1 heterocycles. The normalized spacial score (nSPS) is 15.2. The molecule has 0 aliphatic rings. The van der Waals surface area contributed by atoms with E-state index < -0.39 is 66.3 Å². The number of carbonyl (C=O) groups excluding carboxylic acids is 4. The fourth-order valence-electron chi connectivity index (χ4n) is 3.94.